The van der Waals surface area contributed by atoms with Gasteiger partial charge < -0.3 is 4.90 Å². The highest BCUT2D eigenvalue weighted by Crippen LogP contribution is 2.28. The van der Waals surface area contributed by atoms with Crippen molar-refractivity contribution in [3.63, 3.8) is 0 Å². The minimum absolute atomic E-state index is 0.273. The van der Waals surface area contributed by atoms with Crippen molar-refractivity contribution in [1.82, 2.24) is 19.9 Å². The molecule has 3 aromatic rings. The molecule has 0 atom stereocenters. The second-order valence-electron chi connectivity index (χ2n) is 5.11. The number of hydrogen-bond acceptors (Lipinski definition) is 5. The van der Waals surface area contributed by atoms with Crippen LogP contribution in [0.3, 0.4) is 0 Å². The van der Waals surface area contributed by atoms with Gasteiger partial charge in [-0.1, -0.05) is 0 Å². The molecule has 4 rings (SSSR count). The lowest BCUT2D eigenvalue weighted by molar-refractivity contribution is 0.502. The van der Waals surface area contributed by atoms with Gasteiger partial charge in [-0.3, -0.25) is 9.97 Å². The van der Waals surface area contributed by atoms with Crippen LogP contribution < -0.4 is 4.90 Å². The van der Waals surface area contributed by atoms with E-state index in [2.05, 4.69) is 24.8 Å². The van der Waals surface area contributed by atoms with Crippen LogP contribution in [0.15, 0.2) is 43.0 Å². The van der Waals surface area contributed by atoms with Gasteiger partial charge in [0, 0.05) is 49.2 Å². The molecule has 6 heteroatoms. The van der Waals surface area contributed by atoms with Crippen molar-refractivity contribution in [2.24, 2.45) is 0 Å². The molecule has 3 heterocycles. The Kier molecular flexibility index (Phi) is 2.73. The zero-order valence-corrected chi connectivity index (χ0v) is 11.1. The summed E-state index contributed by atoms with van der Waals surface area (Å²) in [4.78, 5) is 19.3. The average Bonchev–Trinajstić information content (AvgIpc) is 2.47. The number of rotatable bonds is 2. The molecule has 21 heavy (non-hydrogen) atoms. The molecule has 1 aliphatic rings. The number of fused-ring (bicyclic) bond motifs is 1. The summed E-state index contributed by atoms with van der Waals surface area (Å²) in [5.74, 6) is 0.769. The molecule has 0 N–H and O–H groups in total. The van der Waals surface area contributed by atoms with E-state index >= 15 is 0 Å². The Morgan fingerprint density at radius 3 is 2.81 bits per heavy atom. The Bertz CT molecular complexity index is 786. The van der Waals surface area contributed by atoms with E-state index < -0.39 is 0 Å². The summed E-state index contributed by atoms with van der Waals surface area (Å²) < 4.78 is 13.1. The maximum atomic E-state index is 13.1. The molecular formula is C15H12FN5. The predicted octanol–water partition coefficient (Wildman–Crippen LogP) is 2.16. The first-order valence-electron chi connectivity index (χ1n) is 6.73. The fourth-order valence-electron chi connectivity index (χ4n) is 2.50. The second kappa shape index (κ2) is 4.73. The maximum Gasteiger partial charge on any atom is 0.225 e. The summed E-state index contributed by atoms with van der Waals surface area (Å²) in [5, 5.41) is 0.713. The SMILES string of the molecule is Fc1ccc2nc(N3CC(c4cnccn4)C3)ncc2c1. The maximum absolute atomic E-state index is 13.1. The van der Waals surface area contributed by atoms with Crippen LogP contribution in [-0.2, 0) is 0 Å². The lowest BCUT2D eigenvalue weighted by Gasteiger charge is -2.38. The van der Waals surface area contributed by atoms with Crippen LogP contribution >= 0.6 is 0 Å². The molecular weight excluding hydrogens is 269 g/mol. The summed E-state index contributed by atoms with van der Waals surface area (Å²) in [7, 11) is 0. The summed E-state index contributed by atoms with van der Waals surface area (Å²) in [6.45, 7) is 1.65. The van der Waals surface area contributed by atoms with Crippen LogP contribution in [0.4, 0.5) is 10.3 Å². The number of benzene rings is 1. The zero-order chi connectivity index (χ0) is 14.2. The van der Waals surface area contributed by atoms with Crippen LogP contribution in [0.2, 0.25) is 0 Å². The van der Waals surface area contributed by atoms with Crippen LogP contribution in [0.5, 0.6) is 0 Å². The van der Waals surface area contributed by atoms with Gasteiger partial charge >= 0.3 is 0 Å². The normalized spacial score (nSPS) is 15.2. The van der Waals surface area contributed by atoms with Crippen molar-refractivity contribution in [3.8, 4) is 0 Å². The van der Waals surface area contributed by atoms with Gasteiger partial charge in [0.25, 0.3) is 0 Å². The van der Waals surface area contributed by atoms with Crippen molar-refractivity contribution < 1.29 is 4.39 Å². The highest BCUT2D eigenvalue weighted by Gasteiger charge is 2.31. The third-order valence-electron chi connectivity index (χ3n) is 3.69. The molecule has 1 aromatic carbocycles. The van der Waals surface area contributed by atoms with Crippen LogP contribution in [0, 0.1) is 5.82 Å². The Morgan fingerprint density at radius 1 is 1.10 bits per heavy atom. The third kappa shape index (κ3) is 2.18. The number of anilines is 1. The lowest BCUT2D eigenvalue weighted by atomic mass is 9.97. The lowest BCUT2D eigenvalue weighted by Crippen LogP contribution is -2.46. The van der Waals surface area contributed by atoms with Crippen LogP contribution in [0.25, 0.3) is 10.9 Å². The van der Waals surface area contributed by atoms with E-state index in [4.69, 9.17) is 0 Å². The van der Waals surface area contributed by atoms with E-state index in [0.29, 0.717) is 17.3 Å². The molecule has 0 amide bonds. The number of nitrogens with zero attached hydrogens (tertiary/aromatic N) is 5. The summed E-state index contributed by atoms with van der Waals surface area (Å²) in [6, 6.07) is 4.53. The number of aromatic nitrogens is 4. The van der Waals surface area contributed by atoms with Crippen molar-refractivity contribution in [2.75, 3.05) is 18.0 Å². The van der Waals surface area contributed by atoms with Gasteiger partial charge in [-0.05, 0) is 18.2 Å². The van der Waals surface area contributed by atoms with E-state index in [1.807, 2.05) is 0 Å². The monoisotopic (exact) mass is 281 g/mol. The molecule has 1 fully saturated rings. The smallest absolute Gasteiger partial charge is 0.225 e. The van der Waals surface area contributed by atoms with Crippen molar-refractivity contribution in [3.05, 3.63) is 54.5 Å². The van der Waals surface area contributed by atoms with Crippen molar-refractivity contribution in [2.45, 2.75) is 5.92 Å². The van der Waals surface area contributed by atoms with Gasteiger partial charge in [-0.2, -0.15) is 0 Å². The van der Waals surface area contributed by atoms with Gasteiger partial charge in [-0.25, -0.2) is 14.4 Å². The molecule has 0 aliphatic carbocycles. The third-order valence-corrected chi connectivity index (χ3v) is 3.69. The van der Waals surface area contributed by atoms with Crippen molar-refractivity contribution in [1.29, 1.82) is 0 Å². The van der Waals surface area contributed by atoms with Crippen LogP contribution in [-0.4, -0.2) is 33.0 Å². The Labute approximate surface area is 120 Å². The average molecular weight is 281 g/mol. The summed E-state index contributed by atoms with van der Waals surface area (Å²) in [6.07, 6.45) is 6.84. The van der Waals surface area contributed by atoms with Gasteiger partial charge in [-0.15, -0.1) is 0 Å². The molecule has 2 aromatic heterocycles. The fraction of sp³-hybridized carbons (Fsp3) is 0.200. The van der Waals surface area contributed by atoms with E-state index in [1.165, 1.54) is 12.1 Å². The first-order valence-corrected chi connectivity index (χ1v) is 6.73. The first-order chi connectivity index (χ1) is 10.3. The minimum Gasteiger partial charge on any atom is -0.339 e. The molecule has 0 saturated carbocycles. The Balaban J connectivity index is 1.55. The largest absolute Gasteiger partial charge is 0.339 e. The molecule has 0 spiro atoms. The second-order valence-corrected chi connectivity index (χ2v) is 5.11. The van der Waals surface area contributed by atoms with Crippen LogP contribution in [0.1, 0.15) is 11.6 Å². The Morgan fingerprint density at radius 2 is 2.00 bits per heavy atom. The highest BCUT2D eigenvalue weighted by molar-refractivity contribution is 5.78. The standard InChI is InChI=1S/C15H12FN5/c16-12-1-2-13-10(5-12)6-19-15(20-13)21-8-11(9-21)14-7-17-3-4-18-14/h1-7,11H,8-9H2. The first kappa shape index (κ1) is 12.1. The predicted molar refractivity (Wildman–Crippen MR) is 76.5 cm³/mol. The van der Waals surface area contributed by atoms with Gasteiger partial charge in [0.1, 0.15) is 5.82 Å². The quantitative estimate of drug-likeness (QED) is 0.720. The fourth-order valence-corrected chi connectivity index (χ4v) is 2.50. The van der Waals surface area contributed by atoms with Gasteiger partial charge in [0.2, 0.25) is 5.95 Å². The van der Waals surface area contributed by atoms with Crippen molar-refractivity contribution >= 4 is 16.9 Å². The molecule has 104 valence electrons. The molecule has 5 nitrogen and oxygen atoms in total. The molecule has 1 saturated heterocycles. The van der Waals surface area contributed by atoms with E-state index in [9.17, 15) is 4.39 Å². The summed E-state index contributed by atoms with van der Waals surface area (Å²) in [5.41, 5.74) is 1.75. The van der Waals surface area contributed by atoms with E-state index in [1.54, 1.807) is 30.9 Å². The van der Waals surface area contributed by atoms with Gasteiger partial charge in [0.05, 0.1) is 11.2 Å². The number of hydrogen-bond donors (Lipinski definition) is 0. The van der Waals surface area contributed by atoms with E-state index in [0.717, 1.165) is 24.3 Å². The van der Waals surface area contributed by atoms with Gasteiger partial charge in [0.15, 0.2) is 0 Å². The number of halogens is 1. The topological polar surface area (TPSA) is 54.8 Å². The minimum atomic E-state index is -0.273. The summed E-state index contributed by atoms with van der Waals surface area (Å²) >= 11 is 0. The van der Waals surface area contributed by atoms with E-state index in [-0.39, 0.29) is 5.82 Å². The molecule has 1 aliphatic heterocycles. The molecule has 0 unspecified atom stereocenters. The highest BCUT2D eigenvalue weighted by atomic mass is 19.1. The Hall–Kier alpha value is -2.63. The zero-order valence-electron chi connectivity index (χ0n) is 11.1. The molecule has 0 radical (unpaired) electrons. The molecule has 0 bridgehead atoms.